The standard InChI is InChI=1S/C8H14N2O2/c1-6-2-7(11)3-9-4-8(12)5-10-6/h6,9-10H,2-5H2,1H3. The van der Waals surface area contributed by atoms with Gasteiger partial charge < -0.3 is 10.6 Å². The molecule has 4 nitrogen and oxygen atoms in total. The molecular weight excluding hydrogens is 156 g/mol. The second-order valence-electron chi connectivity index (χ2n) is 3.17. The van der Waals surface area contributed by atoms with Crippen LogP contribution in [-0.2, 0) is 9.59 Å². The third-order valence-electron chi connectivity index (χ3n) is 1.83. The average molecular weight is 170 g/mol. The van der Waals surface area contributed by atoms with E-state index in [0.29, 0.717) is 26.1 Å². The maximum Gasteiger partial charge on any atom is 0.160 e. The Morgan fingerprint density at radius 3 is 2.58 bits per heavy atom. The first-order chi connectivity index (χ1) is 5.68. The molecule has 1 rings (SSSR count). The Morgan fingerprint density at radius 2 is 1.83 bits per heavy atom. The van der Waals surface area contributed by atoms with Crippen LogP contribution in [0.1, 0.15) is 13.3 Å². The summed E-state index contributed by atoms with van der Waals surface area (Å²) in [5.41, 5.74) is 0. The summed E-state index contributed by atoms with van der Waals surface area (Å²) in [7, 11) is 0. The Hall–Kier alpha value is -0.740. The molecule has 0 aromatic heterocycles. The Bertz CT molecular complexity index is 191. The number of nitrogens with one attached hydrogen (secondary N) is 2. The zero-order valence-corrected chi connectivity index (χ0v) is 7.22. The summed E-state index contributed by atoms with van der Waals surface area (Å²) in [4.78, 5) is 22.1. The van der Waals surface area contributed by atoms with Crippen molar-refractivity contribution in [1.82, 2.24) is 10.6 Å². The van der Waals surface area contributed by atoms with Gasteiger partial charge in [-0.1, -0.05) is 0 Å². The highest BCUT2D eigenvalue weighted by atomic mass is 16.1. The van der Waals surface area contributed by atoms with E-state index in [0.717, 1.165) is 0 Å². The lowest BCUT2D eigenvalue weighted by Gasteiger charge is -2.08. The number of hydrogen-bond acceptors (Lipinski definition) is 4. The van der Waals surface area contributed by atoms with Crippen molar-refractivity contribution >= 4 is 11.6 Å². The monoisotopic (exact) mass is 170 g/mol. The average Bonchev–Trinajstić information content (AvgIpc) is 2.05. The lowest BCUT2D eigenvalue weighted by Crippen LogP contribution is -2.33. The summed E-state index contributed by atoms with van der Waals surface area (Å²) in [6.07, 6.45) is 0.500. The predicted molar refractivity (Wildman–Crippen MR) is 45.0 cm³/mol. The van der Waals surface area contributed by atoms with Gasteiger partial charge in [0.1, 0.15) is 5.78 Å². The Balaban J connectivity index is 2.46. The van der Waals surface area contributed by atoms with Crippen LogP contribution in [-0.4, -0.2) is 37.2 Å². The van der Waals surface area contributed by atoms with E-state index in [9.17, 15) is 9.59 Å². The fourth-order valence-electron chi connectivity index (χ4n) is 1.18. The summed E-state index contributed by atoms with van der Waals surface area (Å²) >= 11 is 0. The third kappa shape index (κ3) is 3.11. The molecular formula is C8H14N2O2. The molecule has 1 fully saturated rings. The molecule has 0 bridgehead atoms. The molecule has 0 saturated carbocycles. The zero-order chi connectivity index (χ0) is 8.97. The van der Waals surface area contributed by atoms with E-state index in [2.05, 4.69) is 10.6 Å². The van der Waals surface area contributed by atoms with Gasteiger partial charge in [-0.25, -0.2) is 0 Å². The van der Waals surface area contributed by atoms with Gasteiger partial charge in [-0.3, -0.25) is 9.59 Å². The van der Waals surface area contributed by atoms with Crippen molar-refractivity contribution in [3.8, 4) is 0 Å². The fourth-order valence-corrected chi connectivity index (χ4v) is 1.18. The van der Waals surface area contributed by atoms with E-state index in [4.69, 9.17) is 0 Å². The number of ketones is 2. The number of hydrogen-bond donors (Lipinski definition) is 2. The second-order valence-corrected chi connectivity index (χ2v) is 3.17. The largest absolute Gasteiger partial charge is 0.307 e. The lowest BCUT2D eigenvalue weighted by atomic mass is 10.1. The Labute approximate surface area is 71.7 Å². The highest BCUT2D eigenvalue weighted by Gasteiger charge is 2.13. The first kappa shape index (κ1) is 9.35. The molecule has 1 heterocycles. The van der Waals surface area contributed by atoms with Gasteiger partial charge in [0.25, 0.3) is 0 Å². The molecule has 0 spiro atoms. The first-order valence-corrected chi connectivity index (χ1v) is 4.16. The van der Waals surface area contributed by atoms with E-state index in [1.807, 2.05) is 6.92 Å². The molecule has 1 saturated heterocycles. The van der Waals surface area contributed by atoms with E-state index < -0.39 is 0 Å². The number of rotatable bonds is 0. The Kier molecular flexibility index (Phi) is 3.37. The van der Waals surface area contributed by atoms with Crippen molar-refractivity contribution in [1.29, 1.82) is 0 Å². The van der Waals surface area contributed by atoms with Gasteiger partial charge in [-0.2, -0.15) is 0 Å². The van der Waals surface area contributed by atoms with E-state index in [-0.39, 0.29) is 17.6 Å². The van der Waals surface area contributed by atoms with Gasteiger partial charge >= 0.3 is 0 Å². The third-order valence-corrected chi connectivity index (χ3v) is 1.83. The molecule has 0 amide bonds. The molecule has 0 aromatic carbocycles. The highest BCUT2D eigenvalue weighted by molar-refractivity contribution is 5.85. The van der Waals surface area contributed by atoms with Crippen LogP contribution in [0.2, 0.25) is 0 Å². The molecule has 0 radical (unpaired) electrons. The first-order valence-electron chi connectivity index (χ1n) is 4.16. The number of carbonyl (C=O) groups is 2. The van der Waals surface area contributed by atoms with Crippen molar-refractivity contribution in [2.24, 2.45) is 0 Å². The van der Waals surface area contributed by atoms with Gasteiger partial charge in [0, 0.05) is 12.5 Å². The normalized spacial score (nSPS) is 27.6. The summed E-state index contributed by atoms with van der Waals surface area (Å²) in [5.74, 6) is 0.265. The second kappa shape index (κ2) is 4.33. The molecule has 1 aliphatic rings. The van der Waals surface area contributed by atoms with Gasteiger partial charge in [-0.15, -0.1) is 0 Å². The van der Waals surface area contributed by atoms with E-state index >= 15 is 0 Å². The van der Waals surface area contributed by atoms with Crippen LogP contribution in [0.4, 0.5) is 0 Å². The molecule has 68 valence electrons. The molecule has 1 atom stereocenters. The maximum atomic E-state index is 11.1. The van der Waals surface area contributed by atoms with Crippen molar-refractivity contribution in [2.75, 3.05) is 19.6 Å². The fraction of sp³-hybridized carbons (Fsp3) is 0.750. The summed E-state index contributed by atoms with van der Waals surface area (Å²) in [6, 6.07) is 0.112. The van der Waals surface area contributed by atoms with Crippen LogP contribution in [0.15, 0.2) is 0 Å². The van der Waals surface area contributed by atoms with Gasteiger partial charge in [0.15, 0.2) is 5.78 Å². The summed E-state index contributed by atoms with van der Waals surface area (Å²) < 4.78 is 0. The van der Waals surface area contributed by atoms with Gasteiger partial charge in [0.2, 0.25) is 0 Å². The van der Waals surface area contributed by atoms with Crippen LogP contribution < -0.4 is 10.6 Å². The van der Waals surface area contributed by atoms with Crippen molar-refractivity contribution in [2.45, 2.75) is 19.4 Å². The van der Waals surface area contributed by atoms with Crippen molar-refractivity contribution in [3.05, 3.63) is 0 Å². The van der Waals surface area contributed by atoms with Gasteiger partial charge in [-0.05, 0) is 6.92 Å². The molecule has 1 aliphatic heterocycles. The van der Waals surface area contributed by atoms with Crippen LogP contribution in [0.3, 0.4) is 0 Å². The minimum absolute atomic E-state index is 0.108. The quantitative estimate of drug-likeness (QED) is 0.494. The minimum atomic E-state index is 0.108. The number of Topliss-reactive ketones (excluding diaryl/α,β-unsaturated/α-hetero) is 2. The van der Waals surface area contributed by atoms with E-state index in [1.54, 1.807) is 0 Å². The van der Waals surface area contributed by atoms with E-state index in [1.165, 1.54) is 0 Å². The maximum absolute atomic E-state index is 11.1. The van der Waals surface area contributed by atoms with Crippen LogP contribution in [0.25, 0.3) is 0 Å². The molecule has 4 heteroatoms. The van der Waals surface area contributed by atoms with Crippen molar-refractivity contribution < 1.29 is 9.59 Å². The topological polar surface area (TPSA) is 58.2 Å². The molecule has 0 aliphatic carbocycles. The number of carbonyl (C=O) groups excluding carboxylic acids is 2. The Morgan fingerprint density at radius 1 is 1.17 bits per heavy atom. The lowest BCUT2D eigenvalue weighted by molar-refractivity contribution is -0.118. The molecule has 12 heavy (non-hydrogen) atoms. The van der Waals surface area contributed by atoms with Crippen LogP contribution >= 0.6 is 0 Å². The SMILES string of the molecule is CC1CC(=O)CNCC(=O)CN1. The van der Waals surface area contributed by atoms with Crippen LogP contribution in [0.5, 0.6) is 0 Å². The zero-order valence-electron chi connectivity index (χ0n) is 7.22. The minimum Gasteiger partial charge on any atom is -0.307 e. The highest BCUT2D eigenvalue weighted by Crippen LogP contribution is 1.92. The molecule has 0 aromatic rings. The smallest absolute Gasteiger partial charge is 0.160 e. The van der Waals surface area contributed by atoms with Crippen molar-refractivity contribution in [3.63, 3.8) is 0 Å². The predicted octanol–water partition coefficient (Wildman–Crippen LogP) is -0.904. The summed E-state index contributed by atoms with van der Waals surface area (Å²) in [6.45, 7) is 2.89. The summed E-state index contributed by atoms with van der Waals surface area (Å²) in [5, 5.41) is 5.80. The molecule has 1 unspecified atom stereocenters. The van der Waals surface area contributed by atoms with Crippen LogP contribution in [0, 0.1) is 0 Å². The van der Waals surface area contributed by atoms with Gasteiger partial charge in [0.05, 0.1) is 19.6 Å². The molecule has 2 N–H and O–H groups in total.